The first kappa shape index (κ1) is 14.5. The molecule has 4 rings (SSSR count). The molecule has 24 heavy (non-hydrogen) atoms. The normalized spacial score (nSPS) is 13.1. The van der Waals surface area contributed by atoms with Crippen molar-refractivity contribution in [3.8, 4) is 22.8 Å². The average Bonchev–Trinajstić information content (AvgIpc) is 3.17. The summed E-state index contributed by atoms with van der Waals surface area (Å²) in [7, 11) is 0. The zero-order valence-corrected chi connectivity index (χ0v) is 13.5. The number of pyridine rings is 1. The number of nitrogens with zero attached hydrogens (tertiary/aromatic N) is 3. The standard InChI is InChI=1S/C21H17N3/c1-15-9-11-17(12-10-15)20-14-19(16-6-2-3-7-16)23-21(24-20)18-8-4-5-13-22-18/h2-6,8-14H,7H2,1H3. The molecule has 2 aromatic heterocycles. The highest BCUT2D eigenvalue weighted by atomic mass is 14.9. The first-order valence-corrected chi connectivity index (χ1v) is 8.03. The fourth-order valence-electron chi connectivity index (χ4n) is 2.73. The molecule has 1 aromatic carbocycles. The summed E-state index contributed by atoms with van der Waals surface area (Å²) in [6, 6.07) is 16.3. The smallest absolute Gasteiger partial charge is 0.179 e. The van der Waals surface area contributed by atoms with Gasteiger partial charge >= 0.3 is 0 Å². The van der Waals surface area contributed by atoms with Crippen LogP contribution in [0, 0.1) is 6.92 Å². The monoisotopic (exact) mass is 311 g/mol. The lowest BCUT2D eigenvalue weighted by atomic mass is 10.1. The Morgan fingerprint density at radius 2 is 1.71 bits per heavy atom. The van der Waals surface area contributed by atoms with Crippen LogP contribution in [0.15, 0.2) is 73.0 Å². The van der Waals surface area contributed by atoms with Gasteiger partial charge in [0.15, 0.2) is 5.82 Å². The summed E-state index contributed by atoms with van der Waals surface area (Å²) >= 11 is 0. The molecule has 0 radical (unpaired) electrons. The second kappa shape index (κ2) is 6.20. The van der Waals surface area contributed by atoms with Gasteiger partial charge in [-0.1, -0.05) is 54.1 Å². The maximum Gasteiger partial charge on any atom is 0.179 e. The van der Waals surface area contributed by atoms with Crippen molar-refractivity contribution in [1.82, 2.24) is 15.0 Å². The molecule has 3 heteroatoms. The van der Waals surface area contributed by atoms with Crippen LogP contribution in [0.25, 0.3) is 28.3 Å². The Bertz CT molecular complexity index is 923. The van der Waals surface area contributed by atoms with Crippen molar-refractivity contribution in [2.24, 2.45) is 0 Å². The van der Waals surface area contributed by atoms with Gasteiger partial charge in [-0.25, -0.2) is 9.97 Å². The fraction of sp³-hybridized carbons (Fsp3) is 0.0952. The minimum Gasteiger partial charge on any atom is -0.253 e. The number of hydrogen-bond donors (Lipinski definition) is 0. The van der Waals surface area contributed by atoms with E-state index in [2.05, 4.69) is 60.5 Å². The molecule has 116 valence electrons. The maximum atomic E-state index is 4.75. The number of allylic oxidation sites excluding steroid dienone is 4. The van der Waals surface area contributed by atoms with Crippen molar-refractivity contribution >= 4 is 5.57 Å². The Balaban J connectivity index is 1.86. The number of hydrogen-bond acceptors (Lipinski definition) is 3. The van der Waals surface area contributed by atoms with Gasteiger partial charge in [-0.2, -0.15) is 0 Å². The van der Waals surface area contributed by atoms with Crippen LogP contribution in [0.5, 0.6) is 0 Å². The van der Waals surface area contributed by atoms with Crippen molar-refractivity contribution < 1.29 is 0 Å². The van der Waals surface area contributed by atoms with Gasteiger partial charge in [0.25, 0.3) is 0 Å². The first-order chi connectivity index (χ1) is 11.8. The highest BCUT2D eigenvalue weighted by Gasteiger charge is 2.12. The van der Waals surface area contributed by atoms with Crippen LogP contribution in [0.3, 0.4) is 0 Å². The molecule has 0 saturated carbocycles. The third-order valence-corrected chi connectivity index (χ3v) is 4.07. The molecule has 3 aromatic rings. The van der Waals surface area contributed by atoms with Gasteiger partial charge in [0, 0.05) is 11.8 Å². The lowest BCUT2D eigenvalue weighted by molar-refractivity contribution is 1.12. The molecule has 1 aliphatic rings. The van der Waals surface area contributed by atoms with E-state index in [-0.39, 0.29) is 0 Å². The van der Waals surface area contributed by atoms with Crippen LogP contribution >= 0.6 is 0 Å². The minimum atomic E-state index is 0.663. The Labute approximate surface area is 141 Å². The molecular formula is C21H17N3. The fourth-order valence-corrected chi connectivity index (χ4v) is 2.73. The molecule has 0 N–H and O–H groups in total. The van der Waals surface area contributed by atoms with Gasteiger partial charge in [0.05, 0.1) is 11.4 Å². The van der Waals surface area contributed by atoms with E-state index in [0.29, 0.717) is 5.82 Å². The molecule has 0 amide bonds. The van der Waals surface area contributed by atoms with Crippen molar-refractivity contribution in [2.75, 3.05) is 0 Å². The van der Waals surface area contributed by atoms with Gasteiger partial charge < -0.3 is 0 Å². The van der Waals surface area contributed by atoms with Crippen LogP contribution in [-0.4, -0.2) is 15.0 Å². The van der Waals surface area contributed by atoms with Crippen LogP contribution < -0.4 is 0 Å². The average molecular weight is 311 g/mol. The summed E-state index contributed by atoms with van der Waals surface area (Å²) in [6.07, 6.45) is 9.01. The number of aromatic nitrogens is 3. The van der Waals surface area contributed by atoms with E-state index in [1.807, 2.05) is 18.2 Å². The van der Waals surface area contributed by atoms with Crippen molar-refractivity contribution in [3.63, 3.8) is 0 Å². The maximum absolute atomic E-state index is 4.75. The molecule has 0 atom stereocenters. The van der Waals surface area contributed by atoms with Gasteiger partial charge in [0.1, 0.15) is 5.69 Å². The molecular weight excluding hydrogens is 294 g/mol. The van der Waals surface area contributed by atoms with E-state index in [1.165, 1.54) is 11.1 Å². The zero-order chi connectivity index (χ0) is 16.4. The molecule has 0 fully saturated rings. The molecule has 0 saturated heterocycles. The van der Waals surface area contributed by atoms with Crippen LogP contribution in [0.4, 0.5) is 0 Å². The molecule has 0 aliphatic heterocycles. The third kappa shape index (κ3) is 2.88. The summed E-state index contributed by atoms with van der Waals surface area (Å²) in [4.78, 5) is 13.9. The first-order valence-electron chi connectivity index (χ1n) is 8.03. The molecule has 1 aliphatic carbocycles. The molecule has 2 heterocycles. The predicted octanol–water partition coefficient (Wildman–Crippen LogP) is 4.86. The Kier molecular flexibility index (Phi) is 3.75. The van der Waals surface area contributed by atoms with Crippen LogP contribution in [0.1, 0.15) is 17.7 Å². The Morgan fingerprint density at radius 3 is 2.42 bits per heavy atom. The van der Waals surface area contributed by atoms with E-state index >= 15 is 0 Å². The highest BCUT2D eigenvalue weighted by Crippen LogP contribution is 2.28. The summed E-state index contributed by atoms with van der Waals surface area (Å²) < 4.78 is 0. The topological polar surface area (TPSA) is 38.7 Å². The highest BCUT2D eigenvalue weighted by molar-refractivity contribution is 5.73. The lowest BCUT2D eigenvalue weighted by Gasteiger charge is -2.09. The second-order valence-corrected chi connectivity index (χ2v) is 5.87. The summed E-state index contributed by atoms with van der Waals surface area (Å²) in [6.45, 7) is 2.09. The summed E-state index contributed by atoms with van der Waals surface area (Å²) in [5, 5.41) is 0. The molecule has 0 unspecified atom stereocenters. The van der Waals surface area contributed by atoms with E-state index in [4.69, 9.17) is 9.97 Å². The van der Waals surface area contributed by atoms with Crippen molar-refractivity contribution in [1.29, 1.82) is 0 Å². The third-order valence-electron chi connectivity index (χ3n) is 4.07. The molecule has 0 bridgehead atoms. The van der Waals surface area contributed by atoms with Gasteiger partial charge in [0.2, 0.25) is 0 Å². The Hall–Kier alpha value is -3.07. The lowest BCUT2D eigenvalue weighted by Crippen LogP contribution is -1.98. The summed E-state index contributed by atoms with van der Waals surface area (Å²) in [5.74, 6) is 0.663. The predicted molar refractivity (Wildman–Crippen MR) is 97.2 cm³/mol. The number of aryl methyl sites for hydroxylation is 1. The molecule has 0 spiro atoms. The van der Waals surface area contributed by atoms with E-state index < -0.39 is 0 Å². The number of rotatable bonds is 3. The van der Waals surface area contributed by atoms with E-state index in [9.17, 15) is 0 Å². The number of benzene rings is 1. The largest absolute Gasteiger partial charge is 0.253 e. The van der Waals surface area contributed by atoms with E-state index in [0.717, 1.165) is 29.1 Å². The van der Waals surface area contributed by atoms with Gasteiger partial charge in [-0.05, 0) is 37.1 Å². The molecule has 3 nitrogen and oxygen atoms in total. The van der Waals surface area contributed by atoms with Crippen molar-refractivity contribution in [3.05, 3.63) is 84.2 Å². The quantitative estimate of drug-likeness (QED) is 0.693. The van der Waals surface area contributed by atoms with Crippen molar-refractivity contribution in [2.45, 2.75) is 13.3 Å². The van der Waals surface area contributed by atoms with Gasteiger partial charge in [-0.15, -0.1) is 0 Å². The van der Waals surface area contributed by atoms with Gasteiger partial charge in [-0.3, -0.25) is 4.98 Å². The SMILES string of the molecule is Cc1ccc(-c2cc(C3=CC=CC3)nc(-c3ccccn3)n2)cc1. The Morgan fingerprint density at radius 1 is 0.875 bits per heavy atom. The van der Waals surface area contributed by atoms with Crippen LogP contribution in [0.2, 0.25) is 0 Å². The van der Waals surface area contributed by atoms with Crippen LogP contribution in [-0.2, 0) is 0 Å². The second-order valence-electron chi connectivity index (χ2n) is 5.87. The minimum absolute atomic E-state index is 0.663. The summed E-state index contributed by atoms with van der Waals surface area (Å²) in [5.41, 5.74) is 6.22. The zero-order valence-electron chi connectivity index (χ0n) is 13.5. The van der Waals surface area contributed by atoms with E-state index in [1.54, 1.807) is 6.20 Å².